The van der Waals surface area contributed by atoms with Crippen LogP contribution < -0.4 is 14.8 Å². The van der Waals surface area contributed by atoms with E-state index < -0.39 is 10.0 Å². The summed E-state index contributed by atoms with van der Waals surface area (Å²) in [6.45, 7) is 0.381. The van der Waals surface area contributed by atoms with E-state index in [2.05, 4.69) is 10.0 Å². The van der Waals surface area contributed by atoms with Crippen LogP contribution in [0.25, 0.3) is 0 Å². The molecule has 2 N–H and O–H groups in total. The molecule has 0 saturated heterocycles. The number of methoxy groups -OCH3 is 1. The fourth-order valence-corrected chi connectivity index (χ4v) is 4.09. The number of hydrogen-bond acceptors (Lipinski definition) is 5. The Labute approximate surface area is 177 Å². The monoisotopic (exact) mass is 439 g/mol. The number of benzene rings is 2. The molecule has 158 valence electrons. The number of halogens is 1. The molecule has 0 fully saturated rings. The number of carbonyl (C=O) groups excluding carboxylic acids is 1. The van der Waals surface area contributed by atoms with Gasteiger partial charge >= 0.3 is 0 Å². The predicted molar refractivity (Wildman–Crippen MR) is 114 cm³/mol. The van der Waals surface area contributed by atoms with Crippen molar-refractivity contribution in [2.45, 2.75) is 17.4 Å². The van der Waals surface area contributed by atoms with Gasteiger partial charge in [-0.3, -0.25) is 4.79 Å². The maximum atomic E-state index is 12.2. The molecule has 0 spiro atoms. The average molecular weight is 440 g/mol. The van der Waals surface area contributed by atoms with E-state index in [1.165, 1.54) is 12.1 Å². The molecule has 0 aromatic heterocycles. The highest BCUT2D eigenvalue weighted by atomic mass is 35.5. The van der Waals surface area contributed by atoms with E-state index in [0.717, 1.165) is 11.3 Å². The summed E-state index contributed by atoms with van der Waals surface area (Å²) in [6.07, 6.45) is 0.0258. The van der Waals surface area contributed by atoms with Crippen molar-refractivity contribution in [3.8, 4) is 5.75 Å². The van der Waals surface area contributed by atoms with Crippen molar-refractivity contribution >= 4 is 27.5 Å². The first-order valence-electron chi connectivity index (χ1n) is 9.05. The van der Waals surface area contributed by atoms with Crippen molar-refractivity contribution < 1.29 is 17.9 Å². The lowest BCUT2D eigenvalue weighted by atomic mass is 10.1. The van der Waals surface area contributed by atoms with Gasteiger partial charge in [0.25, 0.3) is 0 Å². The van der Waals surface area contributed by atoms with Crippen LogP contribution in [0.15, 0.2) is 53.4 Å². The van der Waals surface area contributed by atoms with Gasteiger partial charge in [0.15, 0.2) is 0 Å². The molecule has 29 heavy (non-hydrogen) atoms. The van der Waals surface area contributed by atoms with Gasteiger partial charge in [-0.25, -0.2) is 13.1 Å². The third kappa shape index (κ3) is 7.01. The molecule has 1 unspecified atom stereocenters. The fourth-order valence-electron chi connectivity index (χ4n) is 2.76. The molecular formula is C20H26ClN3O4S. The second kappa shape index (κ2) is 10.6. The Kier molecular flexibility index (Phi) is 8.45. The molecule has 1 amide bonds. The molecule has 0 aliphatic carbocycles. The van der Waals surface area contributed by atoms with E-state index in [1.54, 1.807) is 19.2 Å². The molecule has 0 heterocycles. The number of amides is 1. The zero-order chi connectivity index (χ0) is 21.4. The zero-order valence-electron chi connectivity index (χ0n) is 16.7. The van der Waals surface area contributed by atoms with E-state index in [9.17, 15) is 13.2 Å². The Balaban J connectivity index is 1.88. The van der Waals surface area contributed by atoms with Crippen LogP contribution in [-0.2, 0) is 14.8 Å². The standard InChI is InChI=1S/C20H26ClN3O4S/c1-24(2)19(15-6-4-8-17(12-15)28-3)14-22-20(25)10-11-23-29(26,27)18-9-5-7-16(21)13-18/h4-9,12-13,19,23H,10-11,14H2,1-3H3,(H,22,25). The van der Waals surface area contributed by atoms with Crippen molar-refractivity contribution in [3.63, 3.8) is 0 Å². The summed E-state index contributed by atoms with van der Waals surface area (Å²) < 4.78 is 32.2. The van der Waals surface area contributed by atoms with Gasteiger partial charge in [-0.05, 0) is 50.0 Å². The molecule has 0 radical (unpaired) electrons. The Morgan fingerprint density at radius 1 is 1.17 bits per heavy atom. The maximum Gasteiger partial charge on any atom is 0.240 e. The first-order valence-corrected chi connectivity index (χ1v) is 10.9. The molecule has 0 bridgehead atoms. The van der Waals surface area contributed by atoms with Gasteiger partial charge in [0, 0.05) is 24.5 Å². The summed E-state index contributed by atoms with van der Waals surface area (Å²) in [5.41, 5.74) is 1.01. The Hall–Kier alpha value is -2.13. The number of ether oxygens (including phenoxy) is 1. The Morgan fingerprint density at radius 3 is 2.55 bits per heavy atom. The second-order valence-electron chi connectivity index (χ2n) is 6.67. The van der Waals surface area contributed by atoms with E-state index in [4.69, 9.17) is 16.3 Å². The van der Waals surface area contributed by atoms with Crippen LogP contribution in [0.5, 0.6) is 5.75 Å². The van der Waals surface area contributed by atoms with Gasteiger partial charge in [-0.15, -0.1) is 0 Å². The first-order chi connectivity index (χ1) is 13.7. The second-order valence-corrected chi connectivity index (χ2v) is 8.87. The minimum absolute atomic E-state index is 0.00747. The number of likely N-dealkylation sites (N-methyl/N-ethyl adjacent to an activating group) is 1. The van der Waals surface area contributed by atoms with Gasteiger partial charge in [0.1, 0.15) is 5.75 Å². The predicted octanol–water partition coefficient (Wildman–Crippen LogP) is 2.44. The Bertz CT molecular complexity index is 935. The summed E-state index contributed by atoms with van der Waals surface area (Å²) >= 11 is 5.83. The summed E-state index contributed by atoms with van der Waals surface area (Å²) in [7, 11) is 1.75. The van der Waals surface area contributed by atoms with Gasteiger partial charge in [0.2, 0.25) is 15.9 Å². The largest absolute Gasteiger partial charge is 0.497 e. The number of nitrogens with zero attached hydrogens (tertiary/aromatic N) is 1. The van der Waals surface area contributed by atoms with Crippen molar-refractivity contribution in [3.05, 3.63) is 59.1 Å². The zero-order valence-corrected chi connectivity index (χ0v) is 18.3. The molecule has 0 aliphatic heterocycles. The molecule has 0 saturated carbocycles. The SMILES string of the molecule is COc1cccc(C(CNC(=O)CCNS(=O)(=O)c2cccc(Cl)c2)N(C)C)c1. The van der Waals surface area contributed by atoms with Crippen LogP contribution in [-0.4, -0.2) is 53.5 Å². The van der Waals surface area contributed by atoms with Crippen LogP contribution in [0.4, 0.5) is 0 Å². The van der Waals surface area contributed by atoms with Crippen LogP contribution in [0.3, 0.4) is 0 Å². The maximum absolute atomic E-state index is 12.2. The molecule has 1 atom stereocenters. The van der Waals surface area contributed by atoms with Crippen molar-refractivity contribution in [2.75, 3.05) is 34.3 Å². The number of sulfonamides is 1. The molecule has 9 heteroatoms. The van der Waals surface area contributed by atoms with Gasteiger partial charge in [-0.1, -0.05) is 29.8 Å². The quantitative estimate of drug-likeness (QED) is 0.593. The molecular weight excluding hydrogens is 414 g/mol. The lowest BCUT2D eigenvalue weighted by Gasteiger charge is -2.25. The van der Waals surface area contributed by atoms with Gasteiger partial charge in [-0.2, -0.15) is 0 Å². The normalized spacial score (nSPS) is 12.6. The molecule has 2 rings (SSSR count). The van der Waals surface area contributed by atoms with Gasteiger partial charge < -0.3 is 15.0 Å². The van der Waals surface area contributed by atoms with Crippen LogP contribution >= 0.6 is 11.6 Å². The highest BCUT2D eigenvalue weighted by molar-refractivity contribution is 7.89. The number of nitrogens with one attached hydrogen (secondary N) is 2. The topological polar surface area (TPSA) is 87.7 Å². The third-order valence-corrected chi connectivity index (χ3v) is 6.04. The third-order valence-electron chi connectivity index (χ3n) is 4.35. The van der Waals surface area contributed by atoms with Crippen LogP contribution in [0, 0.1) is 0 Å². The van der Waals surface area contributed by atoms with Crippen molar-refractivity contribution in [1.82, 2.24) is 14.9 Å². The van der Waals surface area contributed by atoms with Crippen LogP contribution in [0.2, 0.25) is 5.02 Å². The summed E-state index contributed by atoms with van der Waals surface area (Å²) in [6, 6.07) is 13.6. The fraction of sp³-hybridized carbons (Fsp3) is 0.350. The lowest BCUT2D eigenvalue weighted by molar-refractivity contribution is -0.121. The molecule has 2 aromatic rings. The van der Waals surface area contributed by atoms with E-state index in [1.807, 2.05) is 43.3 Å². The first kappa shape index (κ1) is 23.2. The molecule has 0 aliphatic rings. The highest BCUT2D eigenvalue weighted by Gasteiger charge is 2.17. The minimum Gasteiger partial charge on any atom is -0.497 e. The molecule has 7 nitrogen and oxygen atoms in total. The smallest absolute Gasteiger partial charge is 0.240 e. The lowest BCUT2D eigenvalue weighted by Crippen LogP contribution is -2.36. The highest BCUT2D eigenvalue weighted by Crippen LogP contribution is 2.22. The summed E-state index contributed by atoms with van der Waals surface area (Å²) in [5.74, 6) is 0.504. The van der Waals surface area contributed by atoms with Crippen molar-refractivity contribution in [2.24, 2.45) is 0 Å². The average Bonchev–Trinajstić information content (AvgIpc) is 2.68. The van der Waals surface area contributed by atoms with Crippen molar-refractivity contribution in [1.29, 1.82) is 0 Å². The Morgan fingerprint density at radius 2 is 1.90 bits per heavy atom. The molecule has 2 aromatic carbocycles. The van der Waals surface area contributed by atoms with Crippen LogP contribution in [0.1, 0.15) is 18.0 Å². The van der Waals surface area contributed by atoms with E-state index in [0.29, 0.717) is 11.6 Å². The van der Waals surface area contributed by atoms with E-state index in [-0.39, 0.29) is 29.8 Å². The number of rotatable bonds is 10. The minimum atomic E-state index is -3.71. The van der Waals surface area contributed by atoms with E-state index >= 15 is 0 Å². The summed E-state index contributed by atoms with van der Waals surface area (Å²) in [5, 5.41) is 3.19. The number of carbonyl (C=O) groups is 1. The van der Waals surface area contributed by atoms with Gasteiger partial charge in [0.05, 0.1) is 18.0 Å². The summed E-state index contributed by atoms with van der Waals surface area (Å²) in [4.78, 5) is 14.3. The number of hydrogen-bond donors (Lipinski definition) is 2.